The number of rotatable bonds is 2. The van der Waals surface area contributed by atoms with Gasteiger partial charge in [0.05, 0.1) is 6.10 Å². The van der Waals surface area contributed by atoms with Gasteiger partial charge < -0.3 is 14.6 Å². The summed E-state index contributed by atoms with van der Waals surface area (Å²) in [5.41, 5.74) is -1.29. The molecule has 4 fully saturated rings. The monoisotopic (exact) mass is 420 g/mol. The van der Waals surface area contributed by atoms with E-state index in [1.54, 1.807) is 6.08 Å². The maximum atomic E-state index is 15.4. The highest BCUT2D eigenvalue weighted by Gasteiger charge is 2.75. The van der Waals surface area contributed by atoms with Crippen molar-refractivity contribution in [2.24, 2.45) is 28.6 Å². The largest absolute Gasteiger partial charge is 0.388 e. The van der Waals surface area contributed by atoms with Gasteiger partial charge in [-0.3, -0.25) is 9.59 Å². The number of aliphatic hydroxyl groups is 1. The second-order valence-corrected chi connectivity index (χ2v) is 11.2. The summed E-state index contributed by atoms with van der Waals surface area (Å²) in [4.78, 5) is 25.1. The van der Waals surface area contributed by atoms with Crippen LogP contribution in [0.5, 0.6) is 0 Å². The molecule has 0 aromatic carbocycles. The molecule has 3 saturated carbocycles. The van der Waals surface area contributed by atoms with E-state index in [4.69, 9.17) is 9.47 Å². The Labute approximate surface area is 177 Å². The zero-order valence-corrected chi connectivity index (χ0v) is 18.4. The fraction of sp³-hybridized carbons (Fsp3) is 0.833. The van der Waals surface area contributed by atoms with Crippen LogP contribution in [-0.4, -0.2) is 46.9 Å². The first-order valence-electron chi connectivity index (χ1n) is 11.4. The van der Waals surface area contributed by atoms with E-state index in [9.17, 15) is 14.7 Å². The van der Waals surface area contributed by atoms with Crippen molar-refractivity contribution < 1.29 is 28.6 Å². The lowest BCUT2D eigenvalue weighted by atomic mass is 9.46. The Kier molecular flexibility index (Phi) is 4.31. The summed E-state index contributed by atoms with van der Waals surface area (Å²) in [7, 11) is 0. The Morgan fingerprint density at radius 3 is 2.63 bits per heavy atom. The van der Waals surface area contributed by atoms with E-state index in [1.165, 1.54) is 0 Å². The lowest BCUT2D eigenvalue weighted by Gasteiger charge is -2.59. The van der Waals surface area contributed by atoms with Crippen LogP contribution in [0.3, 0.4) is 0 Å². The van der Waals surface area contributed by atoms with E-state index in [1.807, 2.05) is 13.8 Å². The van der Waals surface area contributed by atoms with Crippen LogP contribution in [-0.2, 0) is 19.1 Å². The summed E-state index contributed by atoms with van der Waals surface area (Å²) in [6.45, 7) is 7.29. The lowest BCUT2D eigenvalue weighted by molar-refractivity contribution is -0.216. The molecule has 5 nitrogen and oxygen atoms in total. The number of Topliss-reactive ketones (excluding diaryl/α,β-unsaturated/α-hetero) is 1. The van der Waals surface area contributed by atoms with Crippen molar-refractivity contribution in [1.29, 1.82) is 0 Å². The number of fused-ring (bicyclic) bond motifs is 7. The van der Waals surface area contributed by atoms with Crippen LogP contribution in [0.15, 0.2) is 11.6 Å². The van der Waals surface area contributed by atoms with Crippen LogP contribution in [0.1, 0.15) is 66.2 Å². The molecular weight excluding hydrogens is 387 g/mol. The summed E-state index contributed by atoms with van der Waals surface area (Å²) < 4.78 is 28.0. The molecule has 1 saturated heterocycles. The first-order valence-corrected chi connectivity index (χ1v) is 11.4. The highest BCUT2D eigenvalue weighted by molar-refractivity contribution is 5.92. The summed E-state index contributed by atoms with van der Waals surface area (Å²) in [6.07, 6.45) is 3.89. The van der Waals surface area contributed by atoms with Gasteiger partial charge in [0, 0.05) is 11.8 Å². The van der Waals surface area contributed by atoms with Crippen molar-refractivity contribution >= 4 is 11.6 Å². The Balaban J connectivity index is 1.57. The summed E-state index contributed by atoms with van der Waals surface area (Å²) >= 11 is 0. The third-order valence-corrected chi connectivity index (χ3v) is 9.49. The maximum absolute atomic E-state index is 15.4. The van der Waals surface area contributed by atoms with Gasteiger partial charge in [-0.1, -0.05) is 13.8 Å². The molecule has 8 atom stereocenters. The molecule has 1 aliphatic heterocycles. The quantitative estimate of drug-likeness (QED) is 0.740. The third-order valence-electron chi connectivity index (χ3n) is 9.49. The molecule has 0 spiro atoms. The number of hydrogen-bond donors (Lipinski definition) is 1. The van der Waals surface area contributed by atoms with Gasteiger partial charge in [0.1, 0.15) is 12.8 Å². The topological polar surface area (TPSA) is 72.8 Å². The molecule has 0 aromatic heterocycles. The Morgan fingerprint density at radius 2 is 1.93 bits per heavy atom. The number of hydrogen-bond acceptors (Lipinski definition) is 5. The van der Waals surface area contributed by atoms with E-state index in [0.29, 0.717) is 31.3 Å². The summed E-state index contributed by atoms with van der Waals surface area (Å²) in [6, 6.07) is 0. The number of aliphatic hydroxyl groups excluding tert-OH is 1. The van der Waals surface area contributed by atoms with Gasteiger partial charge in [-0.15, -0.1) is 0 Å². The fourth-order valence-electron chi connectivity index (χ4n) is 8.28. The molecule has 6 heteroatoms. The second kappa shape index (κ2) is 6.23. The van der Waals surface area contributed by atoms with E-state index >= 15 is 4.39 Å². The summed E-state index contributed by atoms with van der Waals surface area (Å²) in [5.74, 6) is -0.683. The maximum Gasteiger partial charge on any atom is 0.193 e. The van der Waals surface area contributed by atoms with Crippen molar-refractivity contribution in [2.45, 2.75) is 89.9 Å². The minimum Gasteiger partial charge on any atom is -0.388 e. The molecule has 30 heavy (non-hydrogen) atoms. The first-order chi connectivity index (χ1) is 14.0. The van der Waals surface area contributed by atoms with Crippen LogP contribution >= 0.6 is 0 Å². The number of carbonyl (C=O) groups is 2. The molecule has 8 unspecified atom stereocenters. The Hall–Kier alpha value is -1.11. The van der Waals surface area contributed by atoms with Crippen LogP contribution in [0.4, 0.5) is 4.39 Å². The van der Waals surface area contributed by atoms with Crippen molar-refractivity contribution in [3.05, 3.63) is 11.6 Å². The van der Waals surface area contributed by atoms with Crippen LogP contribution in [0, 0.1) is 28.6 Å². The third kappa shape index (κ3) is 2.39. The zero-order valence-electron chi connectivity index (χ0n) is 18.4. The van der Waals surface area contributed by atoms with Crippen molar-refractivity contribution in [1.82, 2.24) is 0 Å². The van der Waals surface area contributed by atoms with Gasteiger partial charge in [-0.2, -0.15) is 0 Å². The Morgan fingerprint density at radius 1 is 1.20 bits per heavy atom. The zero-order chi connectivity index (χ0) is 21.7. The molecule has 1 N–H and O–H groups in total. The fourth-order valence-corrected chi connectivity index (χ4v) is 8.28. The van der Waals surface area contributed by atoms with Crippen molar-refractivity contribution in [2.75, 3.05) is 6.61 Å². The lowest BCUT2D eigenvalue weighted by Crippen LogP contribution is -2.61. The van der Waals surface area contributed by atoms with Crippen molar-refractivity contribution in [3.63, 3.8) is 0 Å². The number of carbonyl (C=O) groups excluding carboxylic acids is 2. The molecule has 0 aromatic rings. The van der Waals surface area contributed by atoms with Gasteiger partial charge in [-0.05, 0) is 80.8 Å². The molecule has 5 aliphatic rings. The molecule has 1 heterocycles. The molecule has 166 valence electrons. The number of ketones is 2. The normalized spacial score (nSPS) is 51.5. The molecule has 0 radical (unpaired) electrons. The van der Waals surface area contributed by atoms with Gasteiger partial charge >= 0.3 is 0 Å². The molecule has 4 aliphatic carbocycles. The van der Waals surface area contributed by atoms with E-state index in [0.717, 1.165) is 12.8 Å². The van der Waals surface area contributed by atoms with Gasteiger partial charge in [0.2, 0.25) is 0 Å². The highest BCUT2D eigenvalue weighted by Crippen LogP contribution is 2.70. The van der Waals surface area contributed by atoms with E-state index < -0.39 is 35.7 Å². The average molecular weight is 421 g/mol. The van der Waals surface area contributed by atoms with Crippen LogP contribution in [0.25, 0.3) is 0 Å². The SMILES string of the molecule is CC1(C)OC2CC3C4CC(F)C5=CC(=O)CCC5(C)C4CCC3(C)C2(C(=O)CO)O1. The minimum absolute atomic E-state index is 0.0381. The molecule has 0 amide bonds. The smallest absolute Gasteiger partial charge is 0.193 e. The number of halogens is 1. The van der Waals surface area contributed by atoms with Crippen LogP contribution in [0.2, 0.25) is 0 Å². The standard InChI is InChI=1S/C24H33FO5/c1-21(2)29-20-11-16-14-10-18(25)17-9-13(27)5-7-22(17,3)15(14)6-8-23(16,4)24(20,30-21)19(28)12-26/h9,14-16,18,20,26H,5-8,10-12H2,1-4H3. The van der Waals surface area contributed by atoms with Gasteiger partial charge in [0.15, 0.2) is 23.0 Å². The predicted molar refractivity (Wildman–Crippen MR) is 107 cm³/mol. The molecular formula is C24H33FO5. The minimum atomic E-state index is -1.17. The average Bonchev–Trinajstić information content (AvgIpc) is 3.09. The highest BCUT2D eigenvalue weighted by atomic mass is 19.1. The number of allylic oxidation sites excluding steroid dienone is 1. The number of alkyl halides is 1. The molecule has 0 bridgehead atoms. The molecule has 5 rings (SSSR count). The Bertz CT molecular complexity index is 835. The van der Waals surface area contributed by atoms with Crippen LogP contribution < -0.4 is 0 Å². The van der Waals surface area contributed by atoms with E-state index in [-0.39, 0.29) is 34.7 Å². The second-order valence-electron chi connectivity index (χ2n) is 11.2. The number of ether oxygens (including phenoxy) is 2. The van der Waals surface area contributed by atoms with Gasteiger partial charge in [0.25, 0.3) is 0 Å². The van der Waals surface area contributed by atoms with Gasteiger partial charge in [-0.25, -0.2) is 4.39 Å². The van der Waals surface area contributed by atoms with E-state index in [2.05, 4.69) is 13.8 Å². The summed E-state index contributed by atoms with van der Waals surface area (Å²) in [5, 5.41) is 9.82. The predicted octanol–water partition coefficient (Wildman–Crippen LogP) is 3.53. The first kappa shape index (κ1) is 20.8. The van der Waals surface area contributed by atoms with Crippen molar-refractivity contribution in [3.8, 4) is 0 Å².